The lowest BCUT2D eigenvalue weighted by Gasteiger charge is -2.30. The van der Waals surface area contributed by atoms with E-state index in [2.05, 4.69) is 24.1 Å². The molecule has 112 valence electrons. The van der Waals surface area contributed by atoms with Crippen molar-refractivity contribution < 1.29 is 4.92 Å². The van der Waals surface area contributed by atoms with E-state index in [0.717, 1.165) is 18.7 Å². The first kappa shape index (κ1) is 16.6. The Balaban J connectivity index is 2.72. The Bertz CT molecular complexity index is 458. The molecule has 5 nitrogen and oxygen atoms in total. The molecular weight excluding hydrogens is 254 g/mol. The van der Waals surface area contributed by atoms with Gasteiger partial charge in [-0.05, 0) is 26.4 Å². The summed E-state index contributed by atoms with van der Waals surface area (Å²) in [7, 11) is 4.10. The van der Waals surface area contributed by atoms with Crippen molar-refractivity contribution >= 4 is 5.69 Å². The highest BCUT2D eigenvalue weighted by molar-refractivity contribution is 5.41. The standard InChI is InChI=1S/C15H25N3O2/c1-12(16-10-15(2,3)11-17(4)5)13-8-6-7-9-14(13)18(19)20/h6-9,12,16H,10-11H2,1-5H3. The molecular formula is C15H25N3O2. The van der Waals surface area contributed by atoms with E-state index in [1.807, 2.05) is 33.2 Å². The van der Waals surface area contributed by atoms with Crippen LogP contribution in [0.15, 0.2) is 24.3 Å². The van der Waals surface area contributed by atoms with Crippen molar-refractivity contribution in [2.45, 2.75) is 26.8 Å². The van der Waals surface area contributed by atoms with E-state index in [1.165, 1.54) is 0 Å². The van der Waals surface area contributed by atoms with E-state index in [4.69, 9.17) is 0 Å². The second-order valence-electron chi connectivity index (χ2n) is 6.32. The molecule has 1 atom stereocenters. The maximum atomic E-state index is 11.0. The zero-order chi connectivity index (χ0) is 15.3. The number of nitrogens with zero attached hydrogens (tertiary/aromatic N) is 2. The van der Waals surface area contributed by atoms with Crippen molar-refractivity contribution in [1.82, 2.24) is 10.2 Å². The Kier molecular flexibility index (Phi) is 5.65. The molecule has 0 saturated heterocycles. The van der Waals surface area contributed by atoms with Gasteiger partial charge in [0.15, 0.2) is 0 Å². The molecule has 0 aliphatic heterocycles. The van der Waals surface area contributed by atoms with Crippen molar-refractivity contribution in [3.63, 3.8) is 0 Å². The van der Waals surface area contributed by atoms with Crippen molar-refractivity contribution in [1.29, 1.82) is 0 Å². The SMILES string of the molecule is CC(NCC(C)(C)CN(C)C)c1ccccc1[N+](=O)[O-]. The lowest BCUT2D eigenvalue weighted by atomic mass is 9.92. The fraction of sp³-hybridized carbons (Fsp3) is 0.600. The van der Waals surface area contributed by atoms with Crippen LogP contribution < -0.4 is 5.32 Å². The Morgan fingerprint density at radius 1 is 1.35 bits per heavy atom. The third-order valence-electron chi connectivity index (χ3n) is 3.23. The fourth-order valence-electron chi connectivity index (χ4n) is 2.47. The molecule has 0 bridgehead atoms. The van der Waals surface area contributed by atoms with E-state index in [0.29, 0.717) is 0 Å². The van der Waals surface area contributed by atoms with Crippen LogP contribution in [0, 0.1) is 15.5 Å². The van der Waals surface area contributed by atoms with Crippen LogP contribution in [0.4, 0.5) is 5.69 Å². The molecule has 1 unspecified atom stereocenters. The minimum absolute atomic E-state index is 0.0435. The van der Waals surface area contributed by atoms with Crippen LogP contribution in [0.5, 0.6) is 0 Å². The molecule has 0 amide bonds. The summed E-state index contributed by atoms with van der Waals surface area (Å²) >= 11 is 0. The van der Waals surface area contributed by atoms with Gasteiger partial charge in [0.2, 0.25) is 0 Å². The Hall–Kier alpha value is -1.46. The first-order chi connectivity index (χ1) is 9.23. The third-order valence-corrected chi connectivity index (χ3v) is 3.23. The van der Waals surface area contributed by atoms with Gasteiger partial charge in [-0.25, -0.2) is 0 Å². The topological polar surface area (TPSA) is 58.4 Å². The summed E-state index contributed by atoms with van der Waals surface area (Å²) in [5.41, 5.74) is 1.03. The smallest absolute Gasteiger partial charge is 0.274 e. The lowest BCUT2D eigenvalue weighted by Crippen LogP contribution is -2.38. The molecule has 0 aromatic heterocycles. The van der Waals surface area contributed by atoms with Crippen molar-refractivity contribution in [3.8, 4) is 0 Å². The molecule has 1 rings (SSSR count). The van der Waals surface area contributed by atoms with Gasteiger partial charge in [-0.15, -0.1) is 0 Å². The number of hydrogen-bond donors (Lipinski definition) is 1. The normalized spacial score (nSPS) is 13.5. The monoisotopic (exact) mass is 279 g/mol. The summed E-state index contributed by atoms with van der Waals surface area (Å²) in [5.74, 6) is 0. The molecule has 0 fully saturated rings. The zero-order valence-electron chi connectivity index (χ0n) is 13.0. The van der Waals surface area contributed by atoms with Gasteiger partial charge in [0.1, 0.15) is 0 Å². The number of nitro benzene ring substituents is 1. The predicted octanol–water partition coefficient (Wildman–Crippen LogP) is 2.83. The van der Waals surface area contributed by atoms with Gasteiger partial charge in [-0.1, -0.05) is 32.0 Å². The second kappa shape index (κ2) is 6.81. The molecule has 0 saturated carbocycles. The van der Waals surface area contributed by atoms with E-state index < -0.39 is 0 Å². The van der Waals surface area contributed by atoms with Crippen molar-refractivity contribution in [2.24, 2.45) is 5.41 Å². The van der Waals surface area contributed by atoms with Crippen LogP contribution in [0.2, 0.25) is 0 Å². The maximum absolute atomic E-state index is 11.0. The van der Waals surface area contributed by atoms with Crippen LogP contribution in [-0.2, 0) is 0 Å². The van der Waals surface area contributed by atoms with Crippen LogP contribution in [0.3, 0.4) is 0 Å². The van der Waals surface area contributed by atoms with E-state index in [1.54, 1.807) is 12.1 Å². The number of nitrogens with one attached hydrogen (secondary N) is 1. The summed E-state index contributed by atoms with van der Waals surface area (Å²) in [4.78, 5) is 12.9. The fourth-order valence-corrected chi connectivity index (χ4v) is 2.47. The first-order valence-electron chi connectivity index (χ1n) is 6.84. The number of para-hydroxylation sites is 1. The average molecular weight is 279 g/mol. The van der Waals surface area contributed by atoms with Crippen LogP contribution >= 0.6 is 0 Å². The summed E-state index contributed by atoms with van der Waals surface area (Å²) in [6.07, 6.45) is 0. The molecule has 0 aliphatic carbocycles. The van der Waals surface area contributed by atoms with Gasteiger partial charge in [0, 0.05) is 30.8 Å². The van der Waals surface area contributed by atoms with Gasteiger partial charge in [0.25, 0.3) is 5.69 Å². The number of nitro groups is 1. The Labute approximate surface area is 121 Å². The summed E-state index contributed by atoms with van der Waals surface area (Å²) < 4.78 is 0. The number of hydrogen-bond acceptors (Lipinski definition) is 4. The van der Waals surface area contributed by atoms with Gasteiger partial charge in [-0.3, -0.25) is 10.1 Å². The molecule has 0 radical (unpaired) electrons. The van der Waals surface area contributed by atoms with E-state index >= 15 is 0 Å². The molecule has 1 aromatic rings. The van der Waals surface area contributed by atoms with Crippen LogP contribution in [0.1, 0.15) is 32.4 Å². The highest BCUT2D eigenvalue weighted by atomic mass is 16.6. The molecule has 5 heteroatoms. The highest BCUT2D eigenvalue weighted by Gasteiger charge is 2.22. The van der Waals surface area contributed by atoms with Gasteiger partial charge in [-0.2, -0.15) is 0 Å². The van der Waals surface area contributed by atoms with E-state index in [9.17, 15) is 10.1 Å². The molecule has 0 aliphatic rings. The van der Waals surface area contributed by atoms with Gasteiger partial charge < -0.3 is 10.2 Å². The molecule has 1 N–H and O–H groups in total. The van der Waals surface area contributed by atoms with Crippen LogP contribution in [-0.4, -0.2) is 37.0 Å². The first-order valence-corrected chi connectivity index (χ1v) is 6.84. The molecule has 1 aromatic carbocycles. The van der Waals surface area contributed by atoms with Gasteiger partial charge in [0.05, 0.1) is 4.92 Å². The quantitative estimate of drug-likeness (QED) is 0.616. The predicted molar refractivity (Wildman–Crippen MR) is 81.8 cm³/mol. The summed E-state index contributed by atoms with van der Waals surface area (Å²) in [6, 6.07) is 6.86. The van der Waals surface area contributed by atoms with E-state index in [-0.39, 0.29) is 22.1 Å². The van der Waals surface area contributed by atoms with Crippen LogP contribution in [0.25, 0.3) is 0 Å². The zero-order valence-corrected chi connectivity index (χ0v) is 13.0. The number of rotatable bonds is 7. The summed E-state index contributed by atoms with van der Waals surface area (Å²) in [6.45, 7) is 8.11. The highest BCUT2D eigenvalue weighted by Crippen LogP contribution is 2.25. The molecule has 20 heavy (non-hydrogen) atoms. The lowest BCUT2D eigenvalue weighted by molar-refractivity contribution is -0.385. The number of benzene rings is 1. The average Bonchev–Trinajstić information content (AvgIpc) is 2.34. The minimum atomic E-state index is -0.321. The van der Waals surface area contributed by atoms with Crippen molar-refractivity contribution in [2.75, 3.05) is 27.2 Å². The molecule has 0 spiro atoms. The Morgan fingerprint density at radius 2 is 1.95 bits per heavy atom. The van der Waals surface area contributed by atoms with Gasteiger partial charge >= 0.3 is 0 Å². The third kappa shape index (κ3) is 4.90. The summed E-state index contributed by atoms with van der Waals surface area (Å²) in [5, 5.41) is 14.5. The largest absolute Gasteiger partial charge is 0.309 e. The Morgan fingerprint density at radius 3 is 2.50 bits per heavy atom. The second-order valence-corrected chi connectivity index (χ2v) is 6.32. The minimum Gasteiger partial charge on any atom is -0.309 e. The van der Waals surface area contributed by atoms with Crippen molar-refractivity contribution in [3.05, 3.63) is 39.9 Å². The molecule has 0 heterocycles. The maximum Gasteiger partial charge on any atom is 0.274 e.